The van der Waals surface area contributed by atoms with E-state index in [4.69, 9.17) is 9.47 Å². The Morgan fingerprint density at radius 1 is 0.700 bits per heavy atom. The number of rotatable bonds is 12. The van der Waals surface area contributed by atoms with Crippen LogP contribution < -0.4 is 10.6 Å². The summed E-state index contributed by atoms with van der Waals surface area (Å²) < 4.78 is 13.3. The van der Waals surface area contributed by atoms with E-state index in [1.165, 1.54) is 11.8 Å². The van der Waals surface area contributed by atoms with Gasteiger partial charge in [-0.15, -0.1) is 11.8 Å². The van der Waals surface area contributed by atoms with Crippen molar-refractivity contribution in [1.82, 2.24) is 10.6 Å². The average Bonchev–Trinajstić information content (AvgIpc) is 3.16. The molecule has 1 saturated heterocycles. The third-order valence-corrected chi connectivity index (χ3v) is 9.97. The van der Waals surface area contributed by atoms with Gasteiger partial charge in [0.25, 0.3) is 0 Å². The van der Waals surface area contributed by atoms with Gasteiger partial charge in [0.05, 0.1) is 24.4 Å². The molecule has 1 aliphatic heterocycles. The fourth-order valence-corrected chi connectivity index (χ4v) is 7.21. The minimum atomic E-state index is -0.961. The normalized spacial score (nSPS) is 18.7. The van der Waals surface area contributed by atoms with E-state index in [0.29, 0.717) is 23.7 Å². The zero-order valence-electron chi connectivity index (χ0n) is 27.7. The maximum atomic E-state index is 12.5. The number of hydrogen-bond donors (Lipinski definition) is 4. The molecule has 0 bridgehead atoms. The fourth-order valence-electron chi connectivity index (χ4n) is 6.00. The number of carboxylic acid groups (broad SMARTS) is 1. The highest BCUT2D eigenvalue weighted by Crippen LogP contribution is 2.43. The second-order valence-corrected chi connectivity index (χ2v) is 13.3. The number of carbonyl (C=O) groups is 2. The SMILES string of the molecule is C[C@@H]1[C@H](CSc2ccccc2C(=O)O)O[C@H](c2cccc(-c3cccc(CNC(=O)NCc4ccccc4)c3)c2)O[C@@H]1c1ccc(CO)cc1. The molecule has 5 aromatic carbocycles. The van der Waals surface area contributed by atoms with Gasteiger partial charge in [0.2, 0.25) is 0 Å². The quantitative estimate of drug-likeness (QED) is 0.0979. The van der Waals surface area contributed by atoms with Crippen molar-refractivity contribution in [1.29, 1.82) is 0 Å². The van der Waals surface area contributed by atoms with Crippen LogP contribution in [0.25, 0.3) is 11.1 Å². The number of thioether (sulfide) groups is 1. The van der Waals surface area contributed by atoms with Gasteiger partial charge >= 0.3 is 12.0 Å². The van der Waals surface area contributed by atoms with Crippen molar-refractivity contribution in [3.05, 3.63) is 161 Å². The zero-order valence-corrected chi connectivity index (χ0v) is 28.5. The minimum Gasteiger partial charge on any atom is -0.478 e. The van der Waals surface area contributed by atoms with Crippen LogP contribution in [0.15, 0.2) is 132 Å². The largest absolute Gasteiger partial charge is 0.478 e. The zero-order chi connectivity index (χ0) is 34.9. The van der Waals surface area contributed by atoms with Crippen molar-refractivity contribution in [2.75, 3.05) is 5.75 Å². The molecule has 1 fully saturated rings. The number of carbonyl (C=O) groups excluding carboxylic acids is 1. The lowest BCUT2D eigenvalue weighted by molar-refractivity contribution is -0.268. The van der Waals surface area contributed by atoms with Gasteiger partial charge in [0.15, 0.2) is 6.29 Å². The van der Waals surface area contributed by atoms with Crippen LogP contribution >= 0.6 is 11.8 Å². The third kappa shape index (κ3) is 8.80. The van der Waals surface area contributed by atoms with E-state index in [0.717, 1.165) is 38.9 Å². The summed E-state index contributed by atoms with van der Waals surface area (Å²) in [4.78, 5) is 25.0. The molecule has 256 valence electrons. The van der Waals surface area contributed by atoms with E-state index >= 15 is 0 Å². The van der Waals surface area contributed by atoms with Crippen molar-refractivity contribution >= 4 is 23.8 Å². The molecule has 0 aromatic heterocycles. The number of urea groups is 1. The molecule has 9 heteroatoms. The summed E-state index contributed by atoms with van der Waals surface area (Å²) in [5.41, 5.74) is 6.89. The lowest BCUT2D eigenvalue weighted by Crippen LogP contribution is -2.38. The van der Waals surface area contributed by atoms with E-state index in [1.54, 1.807) is 12.1 Å². The van der Waals surface area contributed by atoms with E-state index in [1.807, 2.05) is 103 Å². The Balaban J connectivity index is 1.19. The lowest BCUT2D eigenvalue weighted by atomic mass is 9.91. The van der Waals surface area contributed by atoms with Crippen molar-refractivity contribution < 1.29 is 29.3 Å². The minimum absolute atomic E-state index is 0.0408. The van der Waals surface area contributed by atoms with E-state index in [9.17, 15) is 19.8 Å². The Labute approximate surface area is 296 Å². The molecule has 4 atom stereocenters. The van der Waals surface area contributed by atoms with Crippen LogP contribution in [0.5, 0.6) is 0 Å². The van der Waals surface area contributed by atoms with Gasteiger partial charge in [-0.2, -0.15) is 0 Å². The van der Waals surface area contributed by atoms with Gasteiger partial charge in [-0.05, 0) is 57.6 Å². The van der Waals surface area contributed by atoms with Crippen molar-refractivity contribution in [2.24, 2.45) is 5.92 Å². The van der Waals surface area contributed by atoms with Crippen LogP contribution in [0.2, 0.25) is 0 Å². The van der Waals surface area contributed by atoms with Crippen LogP contribution in [0.4, 0.5) is 4.79 Å². The summed E-state index contributed by atoms with van der Waals surface area (Å²) in [5, 5.41) is 25.2. The second kappa shape index (κ2) is 16.7. The van der Waals surface area contributed by atoms with Crippen molar-refractivity contribution in [3.63, 3.8) is 0 Å². The molecule has 50 heavy (non-hydrogen) atoms. The highest BCUT2D eigenvalue weighted by atomic mass is 32.2. The molecule has 0 aliphatic carbocycles. The number of aliphatic hydroxyl groups excluding tert-OH is 1. The summed E-state index contributed by atoms with van der Waals surface area (Å²) in [5.74, 6) is -0.478. The summed E-state index contributed by atoms with van der Waals surface area (Å²) in [6.45, 7) is 2.88. The molecule has 4 N–H and O–H groups in total. The Morgan fingerprint density at radius 3 is 2.10 bits per heavy atom. The first-order chi connectivity index (χ1) is 24.4. The lowest BCUT2D eigenvalue weighted by Gasteiger charge is -2.41. The summed E-state index contributed by atoms with van der Waals surface area (Å²) in [7, 11) is 0. The van der Waals surface area contributed by atoms with Gasteiger partial charge in [0, 0.05) is 35.2 Å². The third-order valence-electron chi connectivity index (χ3n) is 8.81. The van der Waals surface area contributed by atoms with E-state index < -0.39 is 12.3 Å². The Morgan fingerprint density at radius 2 is 1.36 bits per heavy atom. The Hall–Kier alpha value is -4.93. The molecular weight excluding hydrogens is 649 g/mol. The van der Waals surface area contributed by atoms with Crippen molar-refractivity contribution in [3.8, 4) is 11.1 Å². The molecule has 8 nitrogen and oxygen atoms in total. The molecule has 0 unspecified atom stereocenters. The molecule has 0 saturated carbocycles. The molecule has 2 amide bonds. The molecular formula is C41H40N2O6S. The monoisotopic (exact) mass is 688 g/mol. The topological polar surface area (TPSA) is 117 Å². The van der Waals surface area contributed by atoms with Crippen LogP contribution in [0, 0.1) is 5.92 Å². The molecule has 1 aliphatic rings. The van der Waals surface area contributed by atoms with Crippen LogP contribution in [-0.4, -0.2) is 34.1 Å². The predicted octanol–water partition coefficient (Wildman–Crippen LogP) is 8.13. The smallest absolute Gasteiger partial charge is 0.336 e. The predicted molar refractivity (Wildman–Crippen MR) is 194 cm³/mol. The van der Waals surface area contributed by atoms with E-state index in [2.05, 4.69) is 29.7 Å². The maximum Gasteiger partial charge on any atom is 0.336 e. The van der Waals surface area contributed by atoms with E-state index in [-0.39, 0.29) is 36.3 Å². The summed E-state index contributed by atoms with van der Waals surface area (Å²) in [6.07, 6.45) is -1.23. The van der Waals surface area contributed by atoms with Gasteiger partial charge in [-0.3, -0.25) is 0 Å². The first-order valence-corrected chi connectivity index (χ1v) is 17.6. The van der Waals surface area contributed by atoms with Gasteiger partial charge in [-0.25, -0.2) is 9.59 Å². The van der Waals surface area contributed by atoms with Crippen LogP contribution in [0.3, 0.4) is 0 Å². The maximum absolute atomic E-state index is 12.5. The first-order valence-electron chi connectivity index (χ1n) is 16.6. The molecule has 6 rings (SSSR count). The Kier molecular flexibility index (Phi) is 11.6. The highest BCUT2D eigenvalue weighted by Gasteiger charge is 2.38. The number of amides is 2. The number of carboxylic acids is 1. The summed E-state index contributed by atoms with van der Waals surface area (Å²) in [6, 6.07) is 40.4. The number of aliphatic hydroxyl groups is 1. The van der Waals surface area contributed by atoms with Crippen molar-refractivity contribution in [2.45, 2.75) is 50.0 Å². The first kappa shape index (κ1) is 34.9. The number of nitrogens with one attached hydrogen (secondary N) is 2. The van der Waals surface area contributed by atoms with Gasteiger partial charge in [-0.1, -0.05) is 110 Å². The second-order valence-electron chi connectivity index (χ2n) is 12.3. The summed E-state index contributed by atoms with van der Waals surface area (Å²) >= 11 is 1.47. The number of aromatic carboxylic acids is 1. The molecule has 0 radical (unpaired) electrons. The molecule has 1 heterocycles. The Bertz CT molecular complexity index is 1900. The number of benzene rings is 5. The average molecular weight is 689 g/mol. The highest BCUT2D eigenvalue weighted by molar-refractivity contribution is 7.99. The van der Waals surface area contributed by atoms with Gasteiger partial charge in [0.1, 0.15) is 0 Å². The molecule has 0 spiro atoms. The van der Waals surface area contributed by atoms with Crippen LogP contribution in [-0.2, 0) is 29.2 Å². The molecule has 5 aromatic rings. The van der Waals surface area contributed by atoms with Crippen LogP contribution in [0.1, 0.15) is 57.5 Å². The standard InChI is InChI=1S/C41H40N2O6S/c1-27-36(26-50-37-16-6-5-15-35(37)39(45)46)48-40(49-38(27)31-19-17-29(25-44)18-20-31)34-14-8-13-33(22-34)32-12-7-11-30(21-32)24-43-41(47)42-23-28-9-3-2-4-10-28/h2-22,27,36,38,40,44H,23-26H2,1H3,(H,45,46)(H2,42,43,47)/t27-,36+,38+,40+/m1/s1. The number of ether oxygens (including phenoxy) is 2. The number of hydrogen-bond acceptors (Lipinski definition) is 6. The van der Waals surface area contributed by atoms with Gasteiger partial charge < -0.3 is 30.3 Å². The fraction of sp³-hybridized carbons (Fsp3) is 0.220.